The Morgan fingerprint density at radius 1 is 1.44 bits per heavy atom. The first kappa shape index (κ1) is 15.2. The van der Waals surface area contributed by atoms with E-state index in [0.717, 1.165) is 0 Å². The van der Waals surface area contributed by atoms with Crippen molar-refractivity contribution in [2.24, 2.45) is 5.73 Å². The molecule has 0 aromatic heterocycles. The van der Waals surface area contributed by atoms with Crippen LogP contribution < -0.4 is 11.1 Å². The molecule has 1 amide bonds. The van der Waals surface area contributed by atoms with Gasteiger partial charge in [-0.1, -0.05) is 13.3 Å². The maximum absolute atomic E-state index is 12.0. The number of rotatable bonds is 5. The molecular formula is C10H19F3N2O. The zero-order valence-corrected chi connectivity index (χ0v) is 9.82. The molecule has 6 heteroatoms. The number of hydrogen-bond donors (Lipinski definition) is 2. The molecule has 0 heterocycles. The lowest BCUT2D eigenvalue weighted by Gasteiger charge is -2.25. The maximum Gasteiger partial charge on any atom is 0.391 e. The van der Waals surface area contributed by atoms with Gasteiger partial charge in [0.2, 0.25) is 5.91 Å². The lowest BCUT2D eigenvalue weighted by atomic mass is 9.96. The molecule has 3 N–H and O–H groups in total. The third-order valence-corrected chi connectivity index (χ3v) is 2.20. The topological polar surface area (TPSA) is 55.1 Å². The molecule has 0 aliphatic heterocycles. The molecule has 0 aliphatic rings. The van der Waals surface area contributed by atoms with Crippen LogP contribution in [0.5, 0.6) is 0 Å². The molecule has 0 bridgehead atoms. The first-order chi connectivity index (χ1) is 7.08. The van der Waals surface area contributed by atoms with E-state index in [9.17, 15) is 18.0 Å². The van der Waals surface area contributed by atoms with E-state index in [-0.39, 0.29) is 0 Å². The fraction of sp³-hybridized carbons (Fsp3) is 0.900. The van der Waals surface area contributed by atoms with E-state index in [0.29, 0.717) is 12.8 Å². The third kappa shape index (κ3) is 5.95. The Morgan fingerprint density at radius 2 is 1.94 bits per heavy atom. The molecule has 96 valence electrons. The Labute approximate surface area is 93.6 Å². The Kier molecular flexibility index (Phi) is 5.25. The number of alkyl halides is 3. The fourth-order valence-electron chi connectivity index (χ4n) is 1.42. The van der Waals surface area contributed by atoms with Gasteiger partial charge in [0.1, 0.15) is 0 Å². The summed E-state index contributed by atoms with van der Waals surface area (Å²) in [6.45, 7) is 4.69. The summed E-state index contributed by atoms with van der Waals surface area (Å²) in [5, 5.41) is 2.28. The summed E-state index contributed by atoms with van der Waals surface area (Å²) in [6, 6.07) is -0.952. The molecule has 2 unspecified atom stereocenters. The maximum atomic E-state index is 12.0. The summed E-state index contributed by atoms with van der Waals surface area (Å²) in [6.07, 6.45) is -4.17. The van der Waals surface area contributed by atoms with Gasteiger partial charge >= 0.3 is 6.18 Å². The van der Waals surface area contributed by atoms with Gasteiger partial charge in [-0.2, -0.15) is 13.2 Å². The zero-order chi connectivity index (χ0) is 13.0. The fourth-order valence-corrected chi connectivity index (χ4v) is 1.42. The molecule has 2 atom stereocenters. The van der Waals surface area contributed by atoms with Gasteiger partial charge in [0.25, 0.3) is 0 Å². The lowest BCUT2D eigenvalue weighted by Crippen LogP contribution is -2.54. The Hall–Kier alpha value is -0.780. The van der Waals surface area contributed by atoms with Crippen molar-refractivity contribution in [1.29, 1.82) is 0 Å². The van der Waals surface area contributed by atoms with Crippen LogP contribution in [0.1, 0.15) is 40.0 Å². The van der Waals surface area contributed by atoms with Crippen molar-refractivity contribution in [2.75, 3.05) is 0 Å². The van der Waals surface area contributed by atoms with Gasteiger partial charge in [-0.3, -0.25) is 4.79 Å². The van der Waals surface area contributed by atoms with Gasteiger partial charge in [0.05, 0.1) is 12.0 Å². The van der Waals surface area contributed by atoms with E-state index in [1.54, 1.807) is 0 Å². The van der Waals surface area contributed by atoms with Crippen molar-refractivity contribution in [1.82, 2.24) is 5.32 Å². The van der Waals surface area contributed by atoms with Gasteiger partial charge < -0.3 is 11.1 Å². The summed E-state index contributed by atoms with van der Waals surface area (Å²) in [5.41, 5.74) is 4.59. The van der Waals surface area contributed by atoms with Crippen molar-refractivity contribution >= 4 is 5.91 Å². The Bertz CT molecular complexity index is 239. The molecule has 0 aliphatic carbocycles. The van der Waals surface area contributed by atoms with E-state index in [4.69, 9.17) is 5.73 Å². The van der Waals surface area contributed by atoms with Crippen molar-refractivity contribution in [3.8, 4) is 0 Å². The van der Waals surface area contributed by atoms with Crippen LogP contribution in [0.15, 0.2) is 0 Å². The molecule has 0 aromatic rings. The molecule has 0 aromatic carbocycles. The first-order valence-electron chi connectivity index (χ1n) is 5.25. The van der Waals surface area contributed by atoms with Crippen molar-refractivity contribution in [2.45, 2.75) is 57.8 Å². The van der Waals surface area contributed by atoms with Crippen molar-refractivity contribution < 1.29 is 18.0 Å². The molecule has 0 rings (SSSR count). The molecule has 0 spiro atoms. The van der Waals surface area contributed by atoms with Gasteiger partial charge in [-0.25, -0.2) is 0 Å². The highest BCUT2D eigenvalue weighted by molar-refractivity contribution is 5.85. The molecule has 0 saturated heterocycles. The zero-order valence-electron chi connectivity index (χ0n) is 9.82. The number of carbonyl (C=O) groups is 1. The summed E-state index contributed by atoms with van der Waals surface area (Å²) < 4.78 is 36.1. The lowest BCUT2D eigenvalue weighted by molar-refractivity contribution is -0.142. The number of hydrogen-bond acceptors (Lipinski definition) is 2. The van der Waals surface area contributed by atoms with Crippen LogP contribution in [-0.2, 0) is 4.79 Å². The van der Waals surface area contributed by atoms with E-state index < -0.39 is 30.1 Å². The number of nitrogens with two attached hydrogens (primary N) is 1. The van der Waals surface area contributed by atoms with Crippen molar-refractivity contribution in [3.63, 3.8) is 0 Å². The largest absolute Gasteiger partial charge is 0.391 e. The predicted octanol–water partition coefficient (Wildman–Crippen LogP) is 1.96. The third-order valence-electron chi connectivity index (χ3n) is 2.20. The highest BCUT2D eigenvalue weighted by atomic mass is 19.4. The van der Waals surface area contributed by atoms with Gasteiger partial charge in [-0.05, 0) is 20.3 Å². The quantitative estimate of drug-likeness (QED) is 0.771. The summed E-state index contributed by atoms with van der Waals surface area (Å²) >= 11 is 0. The number of halogens is 3. The molecule has 3 nitrogen and oxygen atoms in total. The second kappa shape index (κ2) is 5.52. The monoisotopic (exact) mass is 240 g/mol. The predicted molar refractivity (Wildman–Crippen MR) is 55.8 cm³/mol. The average Bonchev–Trinajstić information content (AvgIpc) is 1.99. The van der Waals surface area contributed by atoms with E-state index >= 15 is 0 Å². The highest BCUT2D eigenvalue weighted by Crippen LogP contribution is 2.21. The SMILES string of the molecule is CCCC(C)(N)C(=O)NC(C)CC(F)(F)F. The molecule has 0 radical (unpaired) electrons. The van der Waals surface area contributed by atoms with Crippen LogP contribution >= 0.6 is 0 Å². The standard InChI is InChI=1S/C10H19F3N2O/c1-4-5-9(3,14)8(16)15-7(2)6-10(11,12)13/h7H,4-6,14H2,1-3H3,(H,15,16). The summed E-state index contributed by atoms with van der Waals surface area (Å²) in [4.78, 5) is 11.5. The smallest absolute Gasteiger partial charge is 0.352 e. The van der Waals surface area contributed by atoms with Gasteiger partial charge in [0, 0.05) is 6.04 Å². The average molecular weight is 240 g/mol. The van der Waals surface area contributed by atoms with Gasteiger partial charge in [0.15, 0.2) is 0 Å². The molecular weight excluding hydrogens is 221 g/mol. The van der Waals surface area contributed by atoms with E-state index in [2.05, 4.69) is 5.32 Å². The van der Waals surface area contributed by atoms with Crippen molar-refractivity contribution in [3.05, 3.63) is 0 Å². The first-order valence-corrected chi connectivity index (χ1v) is 5.25. The minimum atomic E-state index is -4.28. The second-order valence-corrected chi connectivity index (χ2v) is 4.36. The van der Waals surface area contributed by atoms with Crippen LogP contribution in [0.4, 0.5) is 13.2 Å². The number of nitrogens with one attached hydrogen (secondary N) is 1. The Morgan fingerprint density at radius 3 is 2.31 bits per heavy atom. The minimum Gasteiger partial charge on any atom is -0.352 e. The van der Waals surface area contributed by atoms with Crippen LogP contribution in [0.3, 0.4) is 0 Å². The van der Waals surface area contributed by atoms with Crippen LogP contribution in [0.25, 0.3) is 0 Å². The molecule has 0 fully saturated rings. The number of carbonyl (C=O) groups excluding carboxylic acids is 1. The van der Waals surface area contributed by atoms with Crippen LogP contribution in [0.2, 0.25) is 0 Å². The van der Waals surface area contributed by atoms with Crippen LogP contribution in [0, 0.1) is 0 Å². The molecule has 16 heavy (non-hydrogen) atoms. The minimum absolute atomic E-state index is 0.442. The van der Waals surface area contributed by atoms with E-state index in [1.807, 2.05) is 6.92 Å². The Balaban J connectivity index is 4.24. The number of amides is 1. The summed E-state index contributed by atoms with van der Waals surface area (Å²) in [5.74, 6) is -0.536. The van der Waals surface area contributed by atoms with Gasteiger partial charge in [-0.15, -0.1) is 0 Å². The van der Waals surface area contributed by atoms with Crippen LogP contribution in [-0.4, -0.2) is 23.7 Å². The highest BCUT2D eigenvalue weighted by Gasteiger charge is 2.33. The normalized spacial score (nSPS) is 17.7. The van der Waals surface area contributed by atoms with E-state index in [1.165, 1.54) is 13.8 Å². The molecule has 0 saturated carbocycles. The second-order valence-electron chi connectivity index (χ2n) is 4.36. The summed E-state index contributed by atoms with van der Waals surface area (Å²) in [7, 11) is 0.